The number of methoxy groups -OCH3 is 2. The zero-order chi connectivity index (χ0) is 26.7. The average Bonchev–Trinajstić information content (AvgIpc) is 3.43. The first-order valence-electron chi connectivity index (χ1n) is 12.4. The molecule has 0 spiro atoms. The van der Waals surface area contributed by atoms with Crippen LogP contribution in [0.3, 0.4) is 0 Å². The molecular weight excluding hydrogens is 492 g/mol. The molecule has 5 rings (SSSR count). The van der Waals surface area contributed by atoms with Gasteiger partial charge >= 0.3 is 11.8 Å². The molecule has 38 heavy (non-hydrogen) atoms. The summed E-state index contributed by atoms with van der Waals surface area (Å²) < 4.78 is 21.5. The van der Waals surface area contributed by atoms with E-state index in [9.17, 15) is 14.7 Å². The predicted molar refractivity (Wildman–Crippen MR) is 135 cm³/mol. The van der Waals surface area contributed by atoms with E-state index in [1.54, 1.807) is 42.3 Å². The molecule has 1 aromatic heterocycles. The highest BCUT2D eigenvalue weighted by molar-refractivity contribution is 5.94. The molecule has 1 saturated carbocycles. The Kier molecular flexibility index (Phi) is 7.30. The van der Waals surface area contributed by atoms with Crippen molar-refractivity contribution in [1.29, 1.82) is 0 Å². The predicted octanol–water partition coefficient (Wildman–Crippen LogP) is 2.09. The van der Waals surface area contributed by atoms with Crippen LogP contribution in [0.4, 0.5) is 0 Å². The van der Waals surface area contributed by atoms with E-state index in [1.807, 2.05) is 12.1 Å². The van der Waals surface area contributed by atoms with Gasteiger partial charge in [-0.1, -0.05) is 17.3 Å². The molecule has 0 unspecified atom stereocenters. The lowest BCUT2D eigenvalue weighted by atomic mass is 10.1. The number of likely N-dealkylation sites (tertiary alicyclic amines) is 1. The maximum absolute atomic E-state index is 12.5. The molecule has 1 aliphatic heterocycles. The maximum Gasteiger partial charge on any atom is 0.316 e. The lowest BCUT2D eigenvalue weighted by Gasteiger charge is -2.38. The van der Waals surface area contributed by atoms with Crippen molar-refractivity contribution in [2.75, 3.05) is 40.5 Å². The van der Waals surface area contributed by atoms with Crippen LogP contribution in [0.25, 0.3) is 11.4 Å². The highest BCUT2D eigenvalue weighted by Gasteiger charge is 2.41. The molecule has 2 amide bonds. The maximum atomic E-state index is 12.5. The zero-order valence-corrected chi connectivity index (χ0v) is 21.3. The third-order valence-corrected chi connectivity index (χ3v) is 6.73. The number of carbonyl (C=O) groups excluding carboxylic acids is 2. The van der Waals surface area contributed by atoms with E-state index in [2.05, 4.69) is 15.5 Å². The van der Waals surface area contributed by atoms with Crippen molar-refractivity contribution >= 4 is 11.8 Å². The van der Waals surface area contributed by atoms with Crippen molar-refractivity contribution < 1.29 is 33.4 Å². The Labute approximate surface area is 219 Å². The number of carbonyl (C=O) groups is 2. The number of amides is 2. The Morgan fingerprint density at radius 3 is 2.58 bits per heavy atom. The van der Waals surface area contributed by atoms with Crippen LogP contribution in [0.15, 0.2) is 47.0 Å². The summed E-state index contributed by atoms with van der Waals surface area (Å²) in [6.07, 6.45) is 2.10. The second kappa shape index (κ2) is 10.8. The van der Waals surface area contributed by atoms with Crippen LogP contribution in [0.2, 0.25) is 0 Å². The molecule has 1 aliphatic carbocycles. The highest BCUT2D eigenvalue weighted by atomic mass is 16.5. The van der Waals surface area contributed by atoms with Crippen LogP contribution in [-0.2, 0) is 11.2 Å². The van der Waals surface area contributed by atoms with Gasteiger partial charge in [-0.2, -0.15) is 4.98 Å². The van der Waals surface area contributed by atoms with Crippen molar-refractivity contribution in [2.45, 2.75) is 31.0 Å². The number of aromatic nitrogens is 2. The number of hydrogen-bond acceptors (Lipinski definition) is 9. The zero-order valence-electron chi connectivity index (χ0n) is 21.3. The van der Waals surface area contributed by atoms with Gasteiger partial charge in [0.25, 0.3) is 5.91 Å². The van der Waals surface area contributed by atoms with Crippen molar-refractivity contribution in [3.05, 3.63) is 59.5 Å². The van der Waals surface area contributed by atoms with Gasteiger partial charge in [0, 0.05) is 37.9 Å². The third kappa shape index (κ3) is 5.79. The van der Waals surface area contributed by atoms with Crippen molar-refractivity contribution in [1.82, 2.24) is 20.4 Å². The second-order valence-corrected chi connectivity index (χ2v) is 9.57. The highest BCUT2D eigenvalue weighted by Crippen LogP contribution is 2.38. The normalized spacial score (nSPS) is 16.0. The Morgan fingerprint density at radius 2 is 1.89 bits per heavy atom. The Bertz CT molecular complexity index is 1300. The van der Waals surface area contributed by atoms with Gasteiger partial charge in [-0.25, -0.2) is 0 Å². The van der Waals surface area contributed by atoms with Crippen LogP contribution >= 0.6 is 0 Å². The first-order chi connectivity index (χ1) is 18.4. The molecule has 11 nitrogen and oxygen atoms in total. The lowest BCUT2D eigenvalue weighted by Crippen LogP contribution is -2.54. The summed E-state index contributed by atoms with van der Waals surface area (Å²) in [7, 11) is 3.18. The van der Waals surface area contributed by atoms with Gasteiger partial charge in [0.15, 0.2) is 11.5 Å². The molecular formula is C27H30N4O7. The van der Waals surface area contributed by atoms with Gasteiger partial charge in [0.1, 0.15) is 6.61 Å². The van der Waals surface area contributed by atoms with Gasteiger partial charge < -0.3 is 34.1 Å². The van der Waals surface area contributed by atoms with E-state index in [0.717, 1.165) is 5.56 Å². The summed E-state index contributed by atoms with van der Waals surface area (Å²) in [6.45, 7) is 1.74. The van der Waals surface area contributed by atoms with Crippen LogP contribution in [-0.4, -0.2) is 84.1 Å². The Hall–Kier alpha value is -3.96. The molecule has 200 valence electrons. The number of aliphatic hydroxyl groups is 1. The fraction of sp³-hybridized carbons (Fsp3) is 0.407. The number of ether oxygens (including phenoxy) is 3. The van der Waals surface area contributed by atoms with Crippen molar-refractivity contribution in [2.24, 2.45) is 0 Å². The van der Waals surface area contributed by atoms with Gasteiger partial charge in [-0.3, -0.25) is 9.59 Å². The summed E-state index contributed by atoms with van der Waals surface area (Å²) in [6, 6.07) is 12.5. The lowest BCUT2D eigenvalue weighted by molar-refractivity contribution is -0.0191. The molecule has 2 aliphatic rings. The molecule has 2 heterocycles. The summed E-state index contributed by atoms with van der Waals surface area (Å²) in [5, 5.41) is 16.8. The molecule has 3 aromatic rings. The minimum atomic E-state index is -0.777. The van der Waals surface area contributed by atoms with Crippen LogP contribution in [0.1, 0.15) is 39.4 Å². The third-order valence-electron chi connectivity index (χ3n) is 6.73. The molecule has 2 fully saturated rings. The van der Waals surface area contributed by atoms with E-state index in [-0.39, 0.29) is 30.3 Å². The molecule has 1 saturated heterocycles. The number of rotatable bonds is 11. The molecule has 0 bridgehead atoms. The Balaban J connectivity index is 1.13. The first-order valence-corrected chi connectivity index (χ1v) is 12.4. The summed E-state index contributed by atoms with van der Waals surface area (Å²) in [5.74, 6) is 0.528. The van der Waals surface area contributed by atoms with E-state index in [0.29, 0.717) is 61.5 Å². The van der Waals surface area contributed by atoms with Gasteiger partial charge in [0.2, 0.25) is 5.82 Å². The van der Waals surface area contributed by atoms with Crippen LogP contribution < -0.4 is 14.8 Å². The van der Waals surface area contributed by atoms with Crippen LogP contribution in [0, 0.1) is 0 Å². The standard InChI is InChI=1S/C27H30N4O7/c1-35-20-14-31(15-20)26(33)18-5-3-17(4-6-18)9-12-28-24(32)25-29-23(30-38-25)19-7-8-21(36-2)22(13-19)37-16-27(34)10-11-27/h3-8,13,20,34H,9-12,14-16H2,1-2H3,(H,28,32). The Morgan fingerprint density at radius 1 is 1.13 bits per heavy atom. The van der Waals surface area contributed by atoms with E-state index in [4.69, 9.17) is 18.7 Å². The molecule has 0 atom stereocenters. The smallest absolute Gasteiger partial charge is 0.316 e. The van der Waals surface area contributed by atoms with E-state index in [1.165, 1.54) is 7.11 Å². The number of nitrogens with one attached hydrogen (secondary N) is 1. The summed E-state index contributed by atoms with van der Waals surface area (Å²) >= 11 is 0. The number of nitrogens with zero attached hydrogens (tertiary/aromatic N) is 3. The average molecular weight is 523 g/mol. The SMILES string of the molecule is COc1ccc(-c2noc(C(=O)NCCc3ccc(C(=O)N4CC(OC)C4)cc3)n2)cc1OCC1(O)CC1. The number of benzene rings is 2. The van der Waals surface area contributed by atoms with Gasteiger partial charge in [-0.05, 0) is 55.2 Å². The molecule has 11 heteroatoms. The number of hydrogen-bond donors (Lipinski definition) is 2. The summed E-state index contributed by atoms with van der Waals surface area (Å²) in [5.41, 5.74) is 1.41. The topological polar surface area (TPSA) is 136 Å². The molecule has 2 N–H and O–H groups in total. The van der Waals surface area contributed by atoms with E-state index >= 15 is 0 Å². The fourth-order valence-corrected chi connectivity index (χ4v) is 4.01. The van der Waals surface area contributed by atoms with Crippen molar-refractivity contribution in [3.8, 4) is 22.9 Å². The quantitative estimate of drug-likeness (QED) is 0.388. The van der Waals surface area contributed by atoms with E-state index < -0.39 is 11.5 Å². The molecule has 2 aromatic carbocycles. The fourth-order valence-electron chi connectivity index (χ4n) is 4.01. The van der Waals surface area contributed by atoms with Crippen molar-refractivity contribution in [3.63, 3.8) is 0 Å². The van der Waals surface area contributed by atoms with Gasteiger partial charge in [-0.15, -0.1) is 0 Å². The summed E-state index contributed by atoms with van der Waals surface area (Å²) in [4.78, 5) is 31.0. The molecule has 0 radical (unpaired) electrons. The second-order valence-electron chi connectivity index (χ2n) is 9.57. The minimum absolute atomic E-state index is 0.0129. The largest absolute Gasteiger partial charge is 0.493 e. The monoisotopic (exact) mass is 522 g/mol. The first kappa shape index (κ1) is 25.7. The minimum Gasteiger partial charge on any atom is -0.493 e. The van der Waals surface area contributed by atoms with Gasteiger partial charge in [0.05, 0.1) is 18.8 Å². The van der Waals surface area contributed by atoms with Crippen LogP contribution in [0.5, 0.6) is 11.5 Å².